The Balaban J connectivity index is 0.00000166. The highest BCUT2D eigenvalue weighted by atomic mass is 16.6. The van der Waals surface area contributed by atoms with Gasteiger partial charge in [0.1, 0.15) is 11.2 Å². The maximum absolute atomic E-state index is 12.4. The molecule has 0 aromatic carbocycles. The SMILES string of the molecule is C=C(/C=C(\C)N1CC2(CN(C(=O)OC(C)(C)C)CCO2)C1)C1CCC(=O)NC1=O.CC. The number of nitrogens with zero attached hydrogens (tertiary/aromatic N) is 2. The third-order valence-corrected chi connectivity index (χ3v) is 5.44. The molecule has 3 aliphatic rings. The zero-order valence-corrected chi connectivity index (χ0v) is 19.7. The molecule has 3 aliphatic heterocycles. The van der Waals surface area contributed by atoms with E-state index in [2.05, 4.69) is 16.8 Å². The van der Waals surface area contributed by atoms with Crippen molar-refractivity contribution < 1.29 is 23.9 Å². The molecule has 3 rings (SSSR count). The highest BCUT2D eigenvalue weighted by Crippen LogP contribution is 2.33. The molecule has 174 valence electrons. The highest BCUT2D eigenvalue weighted by molar-refractivity contribution is 6.00. The molecule has 0 aromatic heterocycles. The lowest BCUT2D eigenvalue weighted by atomic mass is 9.88. The zero-order chi connectivity index (χ0) is 23.4. The van der Waals surface area contributed by atoms with E-state index in [1.807, 2.05) is 47.6 Å². The number of ether oxygens (including phenoxy) is 2. The van der Waals surface area contributed by atoms with Gasteiger partial charge in [-0.25, -0.2) is 4.79 Å². The standard InChI is InChI=1S/C21H31N3O5.C2H6/c1-14(16-6-7-17(25)22-18(16)26)10-15(2)24-12-21(13-24)11-23(8-9-28-21)19(27)29-20(3,4)5;1-2/h10,16H,1,6-9,11-13H2,2-5H3,(H,22,25,26);1-2H3/b15-10+;. The molecular weight excluding hydrogens is 398 g/mol. The second-order valence-electron chi connectivity index (χ2n) is 9.15. The molecule has 1 unspecified atom stereocenters. The first-order chi connectivity index (χ1) is 14.5. The Hall–Kier alpha value is -2.35. The molecule has 0 aromatic rings. The Labute approximate surface area is 185 Å². The maximum Gasteiger partial charge on any atom is 0.410 e. The van der Waals surface area contributed by atoms with Crippen molar-refractivity contribution in [3.63, 3.8) is 0 Å². The molecule has 1 spiro atoms. The Bertz CT molecular complexity index is 747. The van der Waals surface area contributed by atoms with Gasteiger partial charge in [0.2, 0.25) is 11.8 Å². The van der Waals surface area contributed by atoms with E-state index in [1.54, 1.807) is 4.90 Å². The van der Waals surface area contributed by atoms with Crippen molar-refractivity contribution in [1.82, 2.24) is 15.1 Å². The molecule has 8 nitrogen and oxygen atoms in total. The van der Waals surface area contributed by atoms with Crippen LogP contribution >= 0.6 is 0 Å². The highest BCUT2D eigenvalue weighted by Gasteiger charge is 2.49. The van der Waals surface area contributed by atoms with E-state index in [4.69, 9.17) is 9.47 Å². The normalized spacial score (nSPS) is 23.4. The second-order valence-corrected chi connectivity index (χ2v) is 9.15. The van der Waals surface area contributed by atoms with Crippen molar-refractivity contribution in [3.8, 4) is 0 Å². The number of rotatable bonds is 3. The van der Waals surface area contributed by atoms with E-state index in [-0.39, 0.29) is 29.4 Å². The minimum atomic E-state index is -0.524. The Morgan fingerprint density at radius 2 is 1.84 bits per heavy atom. The molecule has 3 fully saturated rings. The van der Waals surface area contributed by atoms with Crippen molar-refractivity contribution in [2.24, 2.45) is 5.92 Å². The summed E-state index contributed by atoms with van der Waals surface area (Å²) in [4.78, 5) is 39.6. The second kappa shape index (κ2) is 9.85. The molecule has 1 N–H and O–H groups in total. The summed E-state index contributed by atoms with van der Waals surface area (Å²) < 4.78 is 11.5. The fraction of sp³-hybridized carbons (Fsp3) is 0.696. The Morgan fingerprint density at radius 1 is 1.23 bits per heavy atom. The summed E-state index contributed by atoms with van der Waals surface area (Å²) in [7, 11) is 0. The minimum absolute atomic E-state index is 0.228. The summed E-state index contributed by atoms with van der Waals surface area (Å²) in [6.45, 7) is 18.4. The van der Waals surface area contributed by atoms with E-state index in [0.29, 0.717) is 51.2 Å². The fourth-order valence-corrected chi connectivity index (χ4v) is 3.92. The number of piperidine rings is 1. The molecule has 3 saturated heterocycles. The Morgan fingerprint density at radius 3 is 2.42 bits per heavy atom. The van der Waals surface area contributed by atoms with Crippen LogP contribution in [0.25, 0.3) is 0 Å². The average Bonchev–Trinajstić information content (AvgIpc) is 2.66. The van der Waals surface area contributed by atoms with E-state index in [9.17, 15) is 14.4 Å². The van der Waals surface area contributed by atoms with Gasteiger partial charge in [-0.05, 0) is 45.8 Å². The van der Waals surface area contributed by atoms with Crippen LogP contribution in [0.15, 0.2) is 23.9 Å². The number of likely N-dealkylation sites (tertiary alicyclic amines) is 1. The van der Waals surface area contributed by atoms with Crippen molar-refractivity contribution in [2.75, 3.05) is 32.8 Å². The van der Waals surface area contributed by atoms with Gasteiger partial charge in [0.25, 0.3) is 0 Å². The van der Waals surface area contributed by atoms with E-state index >= 15 is 0 Å². The summed E-state index contributed by atoms with van der Waals surface area (Å²) in [6.07, 6.45) is 2.42. The van der Waals surface area contributed by atoms with Crippen molar-refractivity contribution in [2.45, 2.75) is 65.6 Å². The van der Waals surface area contributed by atoms with E-state index in [1.165, 1.54) is 0 Å². The topological polar surface area (TPSA) is 88.2 Å². The zero-order valence-electron chi connectivity index (χ0n) is 19.7. The van der Waals surface area contributed by atoms with Crippen molar-refractivity contribution in [3.05, 3.63) is 23.9 Å². The first kappa shape index (κ1) is 24.9. The van der Waals surface area contributed by atoms with Gasteiger partial charge in [-0.15, -0.1) is 0 Å². The number of hydrogen-bond acceptors (Lipinski definition) is 6. The Kier molecular flexibility index (Phi) is 7.92. The quantitative estimate of drug-likeness (QED) is 0.542. The lowest BCUT2D eigenvalue weighted by Gasteiger charge is -2.54. The minimum Gasteiger partial charge on any atom is -0.444 e. The number of carbonyl (C=O) groups excluding carboxylic acids is 3. The monoisotopic (exact) mass is 435 g/mol. The third kappa shape index (κ3) is 6.32. The number of imide groups is 1. The largest absolute Gasteiger partial charge is 0.444 e. The summed E-state index contributed by atoms with van der Waals surface area (Å²) in [5.41, 5.74) is 0.779. The first-order valence-electron chi connectivity index (χ1n) is 11.1. The lowest BCUT2D eigenvalue weighted by Crippen LogP contribution is -2.70. The third-order valence-electron chi connectivity index (χ3n) is 5.44. The average molecular weight is 436 g/mol. The predicted octanol–water partition coefficient (Wildman–Crippen LogP) is 2.85. The number of carbonyl (C=O) groups is 3. The van der Waals surface area contributed by atoms with Gasteiger partial charge in [0.15, 0.2) is 0 Å². The smallest absolute Gasteiger partial charge is 0.410 e. The number of amides is 3. The van der Waals surface area contributed by atoms with E-state index in [0.717, 1.165) is 5.70 Å². The number of hydrogen-bond donors (Lipinski definition) is 1. The molecule has 3 heterocycles. The summed E-state index contributed by atoms with van der Waals surface area (Å²) in [5, 5.41) is 2.37. The van der Waals surface area contributed by atoms with Crippen LogP contribution < -0.4 is 5.32 Å². The molecule has 0 radical (unpaired) electrons. The van der Waals surface area contributed by atoms with Gasteiger partial charge in [-0.2, -0.15) is 0 Å². The summed E-state index contributed by atoms with van der Waals surface area (Å²) in [5.74, 6) is -0.876. The van der Waals surface area contributed by atoms with Crippen LogP contribution in [0.2, 0.25) is 0 Å². The van der Waals surface area contributed by atoms with Crippen LogP contribution in [-0.2, 0) is 19.1 Å². The van der Waals surface area contributed by atoms with Crippen molar-refractivity contribution >= 4 is 17.9 Å². The van der Waals surface area contributed by atoms with Crippen LogP contribution in [0.1, 0.15) is 54.4 Å². The summed E-state index contributed by atoms with van der Waals surface area (Å²) in [6, 6.07) is 0. The fourth-order valence-electron chi connectivity index (χ4n) is 3.92. The molecular formula is C23H37N3O5. The van der Waals surface area contributed by atoms with Gasteiger partial charge in [-0.1, -0.05) is 20.4 Å². The molecule has 8 heteroatoms. The van der Waals surface area contributed by atoms with Gasteiger partial charge < -0.3 is 19.3 Å². The molecule has 0 bridgehead atoms. The van der Waals surface area contributed by atoms with Gasteiger partial charge in [0.05, 0.1) is 32.2 Å². The molecule has 1 atom stereocenters. The predicted molar refractivity (Wildman–Crippen MR) is 118 cm³/mol. The van der Waals surface area contributed by atoms with Gasteiger partial charge in [0, 0.05) is 18.7 Å². The summed E-state index contributed by atoms with van der Waals surface area (Å²) >= 11 is 0. The maximum atomic E-state index is 12.4. The van der Waals surface area contributed by atoms with Crippen molar-refractivity contribution in [1.29, 1.82) is 0 Å². The van der Waals surface area contributed by atoms with E-state index < -0.39 is 5.60 Å². The van der Waals surface area contributed by atoms with Crippen LogP contribution in [0, 0.1) is 5.92 Å². The number of nitrogens with one attached hydrogen (secondary N) is 1. The van der Waals surface area contributed by atoms with Crippen LogP contribution in [0.3, 0.4) is 0 Å². The van der Waals surface area contributed by atoms with Crippen LogP contribution in [0.5, 0.6) is 0 Å². The first-order valence-corrected chi connectivity index (χ1v) is 11.1. The van der Waals surface area contributed by atoms with Crippen LogP contribution in [-0.4, -0.2) is 71.7 Å². The molecule has 31 heavy (non-hydrogen) atoms. The number of allylic oxidation sites excluding steroid dienone is 2. The molecule has 3 amide bonds. The molecule has 0 aliphatic carbocycles. The molecule has 0 saturated carbocycles. The number of morpholine rings is 1. The lowest BCUT2D eigenvalue weighted by molar-refractivity contribution is -0.171. The van der Waals surface area contributed by atoms with Gasteiger partial charge in [-0.3, -0.25) is 14.9 Å². The van der Waals surface area contributed by atoms with Crippen LogP contribution in [0.4, 0.5) is 4.79 Å². The van der Waals surface area contributed by atoms with Gasteiger partial charge >= 0.3 is 6.09 Å².